The summed E-state index contributed by atoms with van der Waals surface area (Å²) in [5, 5.41) is 14.0. The molecule has 1 aromatic heterocycles. The number of halogens is 3. The third-order valence-corrected chi connectivity index (χ3v) is 7.18. The van der Waals surface area contributed by atoms with Crippen LogP contribution in [0.3, 0.4) is 0 Å². The number of aromatic nitrogens is 1. The van der Waals surface area contributed by atoms with Crippen LogP contribution in [0.4, 0.5) is 13.2 Å². The van der Waals surface area contributed by atoms with E-state index >= 15 is 0 Å². The van der Waals surface area contributed by atoms with Gasteiger partial charge in [0.15, 0.2) is 5.76 Å². The summed E-state index contributed by atoms with van der Waals surface area (Å²) < 4.78 is 48.1. The third kappa shape index (κ3) is 5.73. The molecule has 1 unspecified atom stereocenters. The first-order valence-electron chi connectivity index (χ1n) is 11.3. The Labute approximate surface area is 205 Å². The molecule has 0 saturated heterocycles. The summed E-state index contributed by atoms with van der Waals surface area (Å²) in [5.41, 5.74) is 2.98. The van der Waals surface area contributed by atoms with Crippen LogP contribution in [-0.4, -0.2) is 40.2 Å². The Balaban J connectivity index is 1.48. The van der Waals surface area contributed by atoms with Crippen molar-refractivity contribution in [2.24, 2.45) is 0 Å². The molecule has 4 rings (SSSR count). The van der Waals surface area contributed by atoms with Crippen molar-refractivity contribution < 1.29 is 32.3 Å². The normalized spacial score (nSPS) is 15.6. The third-order valence-electron chi connectivity index (χ3n) is 6.14. The molecular formula is C26H26F3NO4S. The van der Waals surface area contributed by atoms with Gasteiger partial charge in [0.25, 0.3) is 0 Å². The average molecular weight is 506 g/mol. The molecule has 35 heavy (non-hydrogen) atoms. The average Bonchev–Trinajstić information content (AvgIpc) is 3.57. The van der Waals surface area contributed by atoms with E-state index in [1.807, 2.05) is 48.5 Å². The number of benzene rings is 2. The quantitative estimate of drug-likeness (QED) is 0.281. The number of aliphatic hydroxyl groups excluding tert-OH is 1. The predicted molar refractivity (Wildman–Crippen MR) is 128 cm³/mol. The summed E-state index contributed by atoms with van der Waals surface area (Å²) in [6.07, 6.45) is -2.76. The molecular weight excluding hydrogens is 479 g/mol. The van der Waals surface area contributed by atoms with E-state index < -0.39 is 22.8 Å². The van der Waals surface area contributed by atoms with E-state index in [0.717, 1.165) is 29.5 Å². The first kappa shape index (κ1) is 25.3. The molecule has 1 atom stereocenters. The second-order valence-corrected chi connectivity index (χ2v) is 9.78. The van der Waals surface area contributed by atoms with Crippen LogP contribution in [0, 0.1) is 6.92 Å². The number of hydrogen-bond donors (Lipinski definition) is 1. The number of rotatable bonds is 9. The number of carbonyl (C=O) groups excluding carboxylic acids is 1. The monoisotopic (exact) mass is 505 g/mol. The van der Waals surface area contributed by atoms with Crippen molar-refractivity contribution in [1.29, 1.82) is 0 Å². The first-order valence-corrected chi connectivity index (χ1v) is 12.4. The van der Waals surface area contributed by atoms with Gasteiger partial charge in [0, 0.05) is 17.5 Å². The summed E-state index contributed by atoms with van der Waals surface area (Å²) in [4.78, 5) is 12.3. The molecule has 1 saturated carbocycles. The maximum atomic E-state index is 12.5. The lowest BCUT2D eigenvalue weighted by Gasteiger charge is -2.15. The van der Waals surface area contributed by atoms with Gasteiger partial charge in [0.2, 0.25) is 0 Å². The number of ether oxygens (including phenoxy) is 1. The number of aliphatic hydroxyl groups is 1. The molecule has 1 fully saturated rings. The predicted octanol–water partition coefficient (Wildman–Crippen LogP) is 6.07. The molecule has 0 radical (unpaired) electrons. The highest BCUT2D eigenvalue weighted by Crippen LogP contribution is 2.49. The smallest absolute Gasteiger partial charge is 0.397 e. The van der Waals surface area contributed by atoms with Crippen molar-refractivity contribution in [2.45, 2.75) is 50.1 Å². The number of thioether (sulfide) groups is 1. The van der Waals surface area contributed by atoms with Crippen LogP contribution in [0.25, 0.3) is 22.5 Å². The summed E-state index contributed by atoms with van der Waals surface area (Å²) in [5.74, 6) is -0.860. The molecule has 1 N–H and O–H groups in total. The maximum absolute atomic E-state index is 12.5. The number of carbonyl (C=O) groups is 1. The summed E-state index contributed by atoms with van der Waals surface area (Å²) in [6, 6.07) is 15.4. The standard InChI is InChI=1S/C26H26F3NO4S/c1-3-33-24(32)25(12-13-25)20-10-8-18(9-11-20)17-4-6-19(7-5-17)23-21(16(2)30-34-23)14-22(31)35-15-26(27,28)29/h4-11,22,31H,3,12-15H2,1-2H3. The maximum Gasteiger partial charge on any atom is 0.397 e. The van der Waals surface area contributed by atoms with E-state index in [2.05, 4.69) is 5.16 Å². The number of nitrogens with zero attached hydrogens (tertiary/aromatic N) is 1. The number of hydrogen-bond acceptors (Lipinski definition) is 6. The Hall–Kier alpha value is -2.78. The second-order valence-electron chi connectivity index (χ2n) is 8.62. The van der Waals surface area contributed by atoms with Gasteiger partial charge in [-0.05, 0) is 43.4 Å². The SMILES string of the molecule is CCOC(=O)C1(c2ccc(-c3ccc(-c4onc(C)c4CC(O)SCC(F)(F)F)cc3)cc2)CC1. The van der Waals surface area contributed by atoms with Gasteiger partial charge < -0.3 is 14.4 Å². The molecule has 186 valence electrons. The fraction of sp³-hybridized carbons (Fsp3) is 0.385. The van der Waals surface area contributed by atoms with E-state index in [-0.39, 0.29) is 12.4 Å². The lowest BCUT2D eigenvalue weighted by molar-refractivity contribution is -0.146. The Morgan fingerprint density at radius 2 is 1.69 bits per heavy atom. The van der Waals surface area contributed by atoms with Crippen LogP contribution in [0.5, 0.6) is 0 Å². The second kappa shape index (κ2) is 10.1. The van der Waals surface area contributed by atoms with Gasteiger partial charge in [0.05, 0.1) is 23.5 Å². The van der Waals surface area contributed by atoms with Crippen molar-refractivity contribution >= 4 is 17.7 Å². The Morgan fingerprint density at radius 3 is 2.23 bits per heavy atom. The lowest BCUT2D eigenvalue weighted by Crippen LogP contribution is -2.23. The molecule has 3 aromatic rings. The van der Waals surface area contributed by atoms with Crippen LogP contribution in [0.15, 0.2) is 53.1 Å². The first-order chi connectivity index (χ1) is 16.6. The topological polar surface area (TPSA) is 72.6 Å². The van der Waals surface area contributed by atoms with E-state index in [1.54, 1.807) is 13.8 Å². The summed E-state index contributed by atoms with van der Waals surface area (Å²) in [7, 11) is 0. The van der Waals surface area contributed by atoms with Gasteiger partial charge >= 0.3 is 12.1 Å². The minimum absolute atomic E-state index is 0.00313. The van der Waals surface area contributed by atoms with E-state index in [4.69, 9.17) is 9.26 Å². The molecule has 0 amide bonds. The van der Waals surface area contributed by atoms with Crippen molar-refractivity contribution in [1.82, 2.24) is 5.16 Å². The van der Waals surface area contributed by atoms with Gasteiger partial charge in [-0.25, -0.2) is 0 Å². The fourth-order valence-electron chi connectivity index (χ4n) is 4.08. The van der Waals surface area contributed by atoms with E-state index in [0.29, 0.717) is 40.9 Å². The Bertz CT molecular complexity index is 1170. The van der Waals surface area contributed by atoms with Gasteiger partial charge in [-0.1, -0.05) is 53.7 Å². The summed E-state index contributed by atoms with van der Waals surface area (Å²) >= 11 is 0.438. The van der Waals surface area contributed by atoms with Crippen LogP contribution in [-0.2, 0) is 21.4 Å². The molecule has 0 aliphatic heterocycles. The zero-order valence-electron chi connectivity index (χ0n) is 19.4. The zero-order valence-corrected chi connectivity index (χ0v) is 20.2. The van der Waals surface area contributed by atoms with Crippen LogP contribution >= 0.6 is 11.8 Å². The van der Waals surface area contributed by atoms with Crippen molar-refractivity contribution in [2.75, 3.05) is 12.4 Å². The Kier molecular flexibility index (Phi) is 7.28. The molecule has 5 nitrogen and oxygen atoms in total. The highest BCUT2D eigenvalue weighted by molar-refractivity contribution is 7.99. The van der Waals surface area contributed by atoms with Gasteiger partial charge in [0.1, 0.15) is 5.44 Å². The molecule has 1 aliphatic carbocycles. The van der Waals surface area contributed by atoms with Gasteiger partial charge in [-0.15, -0.1) is 11.8 Å². The molecule has 9 heteroatoms. The van der Waals surface area contributed by atoms with Crippen molar-refractivity contribution in [3.8, 4) is 22.5 Å². The van der Waals surface area contributed by atoms with Crippen molar-refractivity contribution in [3.05, 3.63) is 65.4 Å². The minimum Gasteiger partial charge on any atom is -0.465 e. The molecule has 0 bridgehead atoms. The minimum atomic E-state index is -4.34. The highest BCUT2D eigenvalue weighted by atomic mass is 32.2. The van der Waals surface area contributed by atoms with Crippen LogP contribution in [0.2, 0.25) is 0 Å². The molecule has 1 aliphatic rings. The fourth-order valence-corrected chi connectivity index (χ4v) is 4.75. The van der Waals surface area contributed by atoms with Crippen molar-refractivity contribution in [3.63, 3.8) is 0 Å². The Morgan fingerprint density at radius 1 is 1.11 bits per heavy atom. The van der Waals surface area contributed by atoms with Crippen LogP contribution in [0.1, 0.15) is 36.6 Å². The zero-order chi connectivity index (χ0) is 25.2. The number of aryl methyl sites for hydroxylation is 1. The molecule has 2 aromatic carbocycles. The molecule has 1 heterocycles. The molecule has 0 spiro atoms. The van der Waals surface area contributed by atoms with E-state index in [1.165, 1.54) is 0 Å². The van der Waals surface area contributed by atoms with Crippen LogP contribution < -0.4 is 0 Å². The number of alkyl halides is 3. The summed E-state index contributed by atoms with van der Waals surface area (Å²) in [6.45, 7) is 3.87. The highest BCUT2D eigenvalue weighted by Gasteiger charge is 2.52. The number of esters is 1. The van der Waals surface area contributed by atoms with Gasteiger partial charge in [-0.3, -0.25) is 4.79 Å². The van der Waals surface area contributed by atoms with E-state index in [9.17, 15) is 23.1 Å². The largest absolute Gasteiger partial charge is 0.465 e. The lowest BCUT2D eigenvalue weighted by atomic mass is 9.93. The van der Waals surface area contributed by atoms with Gasteiger partial charge in [-0.2, -0.15) is 13.2 Å².